The van der Waals surface area contributed by atoms with Gasteiger partial charge in [0.2, 0.25) is 23.6 Å². The summed E-state index contributed by atoms with van der Waals surface area (Å²) in [4.78, 5) is 131. The summed E-state index contributed by atoms with van der Waals surface area (Å²) < 4.78 is 90.4. The van der Waals surface area contributed by atoms with E-state index in [4.69, 9.17) is 19.9 Å². The van der Waals surface area contributed by atoms with Crippen LogP contribution in [0.15, 0.2) is 77.8 Å². The predicted molar refractivity (Wildman–Crippen MR) is 419 cm³/mol. The Labute approximate surface area is 668 Å². The maximum absolute atomic E-state index is 14.8. The average Bonchev–Trinajstić information content (AvgIpc) is 1.61. The predicted octanol–water partition coefficient (Wildman–Crippen LogP) is 9.52. The van der Waals surface area contributed by atoms with Gasteiger partial charge in [-0.2, -0.15) is 0 Å². The molecule has 4 aliphatic rings. The zero-order valence-corrected chi connectivity index (χ0v) is 67.6. The average molecular weight is 1710 g/mol. The number of carbonyl (C=O) groups is 9. The number of β-amino-alcohol motifs (C(OH)–C–C–N with tert-alkyl or cyclic N) is 2. The monoisotopic (exact) mass is 1710 g/mol. The number of hydrogen-bond acceptors (Lipinski definition) is 21. The minimum Gasteiger partial charge on any atom is -0.485 e. The molecule has 0 radical (unpaired) electrons. The number of aliphatic hydroxyl groups is 2. The van der Waals surface area contributed by atoms with Crippen molar-refractivity contribution in [1.29, 1.82) is 0 Å². The molecule has 2 saturated heterocycles. The number of ether oxygens (including phenoxy) is 3. The molecule has 10 N–H and O–H groups in total. The molecule has 2 aliphatic carbocycles. The number of thiazole rings is 2. The van der Waals surface area contributed by atoms with Crippen molar-refractivity contribution >= 4 is 109 Å². The quantitative estimate of drug-likeness (QED) is 0.00764. The number of alkyl halides is 2. The van der Waals surface area contributed by atoms with Crippen LogP contribution in [0.5, 0.6) is 11.5 Å². The van der Waals surface area contributed by atoms with Gasteiger partial charge in [-0.3, -0.25) is 43.2 Å². The van der Waals surface area contributed by atoms with Crippen molar-refractivity contribution in [2.24, 2.45) is 16.6 Å². The Kier molecular flexibility index (Phi) is 30.2. The van der Waals surface area contributed by atoms with Crippen LogP contribution >= 0.6 is 45.3 Å². The fourth-order valence-electron chi connectivity index (χ4n) is 12.6. The molecule has 0 bridgehead atoms. The first-order valence-electron chi connectivity index (χ1n) is 37.1. The van der Waals surface area contributed by atoms with E-state index >= 15 is 0 Å². The van der Waals surface area contributed by atoms with Crippen molar-refractivity contribution in [1.82, 2.24) is 46.4 Å². The molecule has 33 heteroatoms. The zero-order valence-electron chi connectivity index (χ0n) is 63.8. The Bertz CT molecular complexity index is 4410. The van der Waals surface area contributed by atoms with E-state index in [1.807, 2.05) is 54.6 Å². The third-order valence-electron chi connectivity index (χ3n) is 19.5. The number of aliphatic hydroxyl groups excluding tert-OH is 2. The van der Waals surface area contributed by atoms with E-state index in [9.17, 15) is 75.3 Å². The lowest BCUT2D eigenvalue weighted by atomic mass is 9.85. The van der Waals surface area contributed by atoms with E-state index in [-0.39, 0.29) is 114 Å². The Hall–Kier alpha value is -8.45. The van der Waals surface area contributed by atoms with E-state index in [1.54, 1.807) is 76.8 Å². The fraction of sp³-hybridized carbons (Fsp3) is 0.506. The van der Waals surface area contributed by atoms with Gasteiger partial charge in [-0.1, -0.05) is 65.8 Å². The summed E-state index contributed by atoms with van der Waals surface area (Å²) in [6.45, 7) is 14.7. The van der Waals surface area contributed by atoms with E-state index in [2.05, 4.69) is 41.9 Å². The van der Waals surface area contributed by atoms with Crippen molar-refractivity contribution in [2.75, 3.05) is 64.5 Å². The maximum atomic E-state index is 14.8. The molecule has 606 valence electrons. The van der Waals surface area contributed by atoms with Crippen molar-refractivity contribution in [2.45, 2.75) is 187 Å². The molecule has 6 aromatic rings. The number of benzene rings is 4. The topological polar surface area (TPSA) is 352 Å². The Morgan fingerprint density at radius 2 is 1.11 bits per heavy atom. The van der Waals surface area contributed by atoms with Gasteiger partial charge in [0.05, 0.1) is 55.7 Å². The second-order valence-corrected chi connectivity index (χ2v) is 33.6. The van der Waals surface area contributed by atoms with Crippen molar-refractivity contribution in [3.8, 4) is 32.4 Å². The Morgan fingerprint density at radius 3 is 1.54 bits per heavy atom. The molecule has 25 nitrogen and oxygen atoms in total. The molecule has 112 heavy (non-hydrogen) atoms. The van der Waals surface area contributed by atoms with Crippen LogP contribution in [0.3, 0.4) is 0 Å². The lowest BCUT2D eigenvalue weighted by molar-refractivity contribution is -0.145. The molecule has 2 aromatic heterocycles. The van der Waals surface area contributed by atoms with Gasteiger partial charge in [-0.25, -0.2) is 31.9 Å². The highest BCUT2D eigenvalue weighted by atomic mass is 127. The molecule has 10 rings (SSSR count). The number of likely N-dealkylation sites (tertiary alicyclic amines) is 2. The summed E-state index contributed by atoms with van der Waals surface area (Å²) in [6.07, 6.45) is 0.443. The molecule has 4 fully saturated rings. The molecule has 2 saturated carbocycles. The summed E-state index contributed by atoms with van der Waals surface area (Å²) >= 11 is 4.83. The first-order valence-corrected chi connectivity index (χ1v) is 39.9. The number of anilines is 2. The van der Waals surface area contributed by atoms with Gasteiger partial charge < -0.3 is 71.9 Å². The van der Waals surface area contributed by atoms with Crippen molar-refractivity contribution in [3.05, 3.63) is 127 Å². The van der Waals surface area contributed by atoms with E-state index in [0.717, 1.165) is 44.4 Å². The number of rotatable bonds is 36. The number of ketones is 3. The number of nitrogens with two attached hydrogens (primary N) is 1. The summed E-state index contributed by atoms with van der Waals surface area (Å²) in [5.74, 6) is -7.24. The molecule has 2 unspecified atom stereocenters. The van der Waals surface area contributed by atoms with Gasteiger partial charge in [0, 0.05) is 78.7 Å². The van der Waals surface area contributed by atoms with Crippen LogP contribution in [0.1, 0.15) is 145 Å². The smallest absolute Gasteiger partial charge is 0.258 e. The van der Waals surface area contributed by atoms with Gasteiger partial charge in [0.15, 0.2) is 40.3 Å². The van der Waals surface area contributed by atoms with E-state index < -0.39 is 130 Å². The molecule has 0 spiro atoms. The molecule has 6 amide bonds. The molecule has 4 heterocycles. The van der Waals surface area contributed by atoms with E-state index in [1.165, 1.54) is 44.6 Å². The first kappa shape index (κ1) is 87.5. The normalized spacial score (nSPS) is 18.0. The second-order valence-electron chi connectivity index (χ2n) is 30.6. The minimum absolute atomic E-state index is 0.0119. The van der Waals surface area contributed by atoms with Gasteiger partial charge in [-0.15, -0.1) is 22.7 Å². The highest BCUT2D eigenvalue weighted by Crippen LogP contribution is 2.43. The number of aromatic nitrogens is 2. The summed E-state index contributed by atoms with van der Waals surface area (Å²) in [6, 6.07) is 12.7. The first-order chi connectivity index (χ1) is 53.0. The number of halogens is 6. The summed E-state index contributed by atoms with van der Waals surface area (Å²) in [5, 5.41) is 37.6. The standard InChI is InChI=1S/C48H55F4IN6O8S.C31H42FN5O6S/c1-27-42(68-26-56-27)28-8-9-29(22-55-44(63)37-21-32(61)23-59(37)45(64)43(47(2,3)4)58-46(65)48(52)14-15-48)39(19-28)67-24-31(60)7-5-16-54-17-6-18-66-25-38(62)33-11-12-34(49)40(51)41(33)57-36-13-10-30(53)20-35(36)50;1-18-25(44-17-35-18)19-7-8-20(24(12-19)43-16-21(38)6-5-11-33)14-34-27(40)23-13-22(39)15-37(23)28(41)26(30(2,3)4)36-29(42)31(32)9-10-31/h8-13,19-20,26,32,37,43,54,57,61H,5-7,14-18,21-25H2,1-4H3,(H,55,63)(H,58,65);7-8,12,17,22-23,26,39H,5-6,9-11,13-16,33H2,1-4H3,(H,34,40)(H,36,42)/t32-,37?,43-;22-,23?,26-/m11/s1. The maximum Gasteiger partial charge on any atom is 0.258 e. The summed E-state index contributed by atoms with van der Waals surface area (Å²) in [7, 11) is 0. The molecule has 2 aliphatic heterocycles. The number of nitrogens with one attached hydrogen (secondary N) is 6. The molecule has 6 atom stereocenters. The van der Waals surface area contributed by atoms with Crippen LogP contribution in [-0.4, -0.2) is 190 Å². The lowest BCUT2D eigenvalue weighted by Gasteiger charge is -2.35. The number of nitrogens with zero attached hydrogens (tertiary/aromatic N) is 4. The lowest BCUT2D eigenvalue weighted by Crippen LogP contribution is -2.59. The van der Waals surface area contributed by atoms with Crippen LogP contribution in [-0.2, 0) is 56.2 Å². The number of hydrogen-bond donors (Lipinski definition) is 9. The number of carbonyl (C=O) groups excluding carboxylic acids is 9. The van der Waals surface area contributed by atoms with Crippen LogP contribution in [0.4, 0.5) is 33.3 Å². The van der Waals surface area contributed by atoms with Crippen molar-refractivity contribution in [3.63, 3.8) is 0 Å². The number of aryl methyl sites for hydroxylation is 2. The van der Waals surface area contributed by atoms with Crippen LogP contribution in [0, 0.1) is 45.7 Å². The number of amides is 6. The summed E-state index contributed by atoms with van der Waals surface area (Å²) in [5.41, 5.74) is 7.09. The second kappa shape index (κ2) is 38.6. The van der Waals surface area contributed by atoms with Gasteiger partial charge in [0.1, 0.15) is 61.3 Å². The zero-order chi connectivity index (χ0) is 81.6. The largest absolute Gasteiger partial charge is 0.485 e. The van der Waals surface area contributed by atoms with Gasteiger partial charge in [0.25, 0.3) is 11.8 Å². The van der Waals surface area contributed by atoms with Crippen LogP contribution < -0.4 is 47.1 Å². The van der Waals surface area contributed by atoms with Gasteiger partial charge >= 0.3 is 0 Å². The minimum atomic E-state index is -2.01. The van der Waals surface area contributed by atoms with Crippen LogP contribution in [0.2, 0.25) is 0 Å². The SMILES string of the molecule is Cc1ncsc1-c1ccc(CNC(=O)C2C[C@@H](O)CN2C(=O)[C@@H](NC(=O)C2(F)CC2)C(C)(C)C)c(OCC(=O)CCCN)c1.Cc1ncsc1-c1ccc(CNC(=O)C2C[C@@H](O)CN2C(=O)[C@@H](NC(=O)C2(F)CC2)C(C)(C)C)c(OCC(=O)CCCNCCCOCC(=O)c2ccc(F)c(F)c2Nc2ccc(I)cc2F)c1. The Balaban J connectivity index is 0.000000282. The third kappa shape index (κ3) is 23.4. The van der Waals surface area contributed by atoms with Gasteiger partial charge in [-0.05, 0) is 165 Å². The van der Waals surface area contributed by atoms with Crippen LogP contribution in [0.25, 0.3) is 20.9 Å². The molecular weight excluding hydrogens is 1610 g/mol. The van der Waals surface area contributed by atoms with E-state index in [0.29, 0.717) is 71.5 Å². The third-order valence-corrected chi connectivity index (χ3v) is 22.1. The molecule has 4 aromatic carbocycles. The van der Waals surface area contributed by atoms with Crippen molar-refractivity contribution < 1.29 is 89.5 Å². The fourth-order valence-corrected chi connectivity index (χ4v) is 14.7. The Morgan fingerprint density at radius 1 is 0.634 bits per heavy atom. The highest BCUT2D eigenvalue weighted by molar-refractivity contribution is 14.1. The molecular formula is C79H97F5IN11O14S2. The number of Topliss-reactive ketones (excluding diaryl/α,β-unsaturated/α-hetero) is 3. The highest BCUT2D eigenvalue weighted by Gasteiger charge is 2.55.